The number of alkyl halides is 3. The number of halogens is 4. The molecule has 102 valence electrons. The molecule has 1 atom stereocenters. The van der Waals surface area contributed by atoms with Gasteiger partial charge in [-0.25, -0.2) is 4.39 Å². The predicted octanol–water partition coefficient (Wildman–Crippen LogP) is 3.40. The molecule has 3 N–H and O–H groups in total. The van der Waals surface area contributed by atoms with Crippen LogP contribution in [0.4, 0.5) is 17.6 Å². The first kappa shape index (κ1) is 14.9. The van der Waals surface area contributed by atoms with Crippen LogP contribution in [0.2, 0.25) is 0 Å². The molecule has 0 saturated carbocycles. The highest BCUT2D eigenvalue weighted by molar-refractivity contribution is 5.29. The average molecular weight is 264 g/mol. The van der Waals surface area contributed by atoms with Gasteiger partial charge in [0.05, 0.1) is 5.56 Å². The van der Waals surface area contributed by atoms with Crippen LogP contribution in [0.3, 0.4) is 0 Å². The summed E-state index contributed by atoms with van der Waals surface area (Å²) in [4.78, 5) is 0. The van der Waals surface area contributed by atoms with Crippen LogP contribution >= 0.6 is 0 Å². The second-order valence-electron chi connectivity index (χ2n) is 4.59. The third-order valence-electron chi connectivity index (χ3n) is 2.61. The molecule has 0 spiro atoms. The normalized spacial score (nSPS) is 14.0. The summed E-state index contributed by atoms with van der Waals surface area (Å²) in [6.07, 6.45) is -4.13. The predicted molar refractivity (Wildman–Crippen MR) is 60.9 cm³/mol. The SMILES string of the molecule is CC(C)CC(NN)c1ccc(F)c(C(F)(F)F)c1. The molecule has 0 radical (unpaired) electrons. The Balaban J connectivity index is 3.10. The number of benzene rings is 1. The maximum absolute atomic E-state index is 13.1. The molecule has 1 aromatic rings. The lowest BCUT2D eigenvalue weighted by Gasteiger charge is -2.20. The fraction of sp³-hybridized carbons (Fsp3) is 0.500. The number of hydrogen-bond acceptors (Lipinski definition) is 2. The Hall–Kier alpha value is -1.14. The second kappa shape index (κ2) is 5.67. The summed E-state index contributed by atoms with van der Waals surface area (Å²) in [5.74, 6) is 4.31. The van der Waals surface area contributed by atoms with Crippen LogP contribution < -0.4 is 11.3 Å². The molecule has 0 amide bonds. The zero-order chi connectivity index (χ0) is 13.9. The molecule has 0 saturated heterocycles. The number of nitrogens with one attached hydrogen (secondary N) is 1. The zero-order valence-corrected chi connectivity index (χ0v) is 10.2. The summed E-state index contributed by atoms with van der Waals surface area (Å²) < 4.78 is 50.8. The van der Waals surface area contributed by atoms with Crippen LogP contribution in [0.15, 0.2) is 18.2 Å². The molecule has 1 unspecified atom stereocenters. The minimum absolute atomic E-state index is 0.255. The Bertz CT molecular complexity index is 402. The molecule has 0 aliphatic carbocycles. The number of nitrogens with two attached hydrogens (primary N) is 1. The topological polar surface area (TPSA) is 38.0 Å². The molecule has 0 fully saturated rings. The Morgan fingerprint density at radius 3 is 2.33 bits per heavy atom. The van der Waals surface area contributed by atoms with Crippen LogP contribution in [0.1, 0.15) is 37.4 Å². The minimum atomic E-state index is -4.70. The van der Waals surface area contributed by atoms with E-state index in [2.05, 4.69) is 5.43 Å². The van der Waals surface area contributed by atoms with Crippen molar-refractivity contribution in [2.45, 2.75) is 32.5 Å². The van der Waals surface area contributed by atoms with Gasteiger partial charge in [-0.1, -0.05) is 19.9 Å². The maximum Gasteiger partial charge on any atom is 0.419 e. The van der Waals surface area contributed by atoms with Gasteiger partial charge in [-0.15, -0.1) is 0 Å². The molecule has 1 aromatic carbocycles. The molecule has 0 aliphatic heterocycles. The van der Waals surface area contributed by atoms with E-state index in [9.17, 15) is 17.6 Å². The lowest BCUT2D eigenvalue weighted by atomic mass is 9.96. The summed E-state index contributed by atoms with van der Waals surface area (Å²) in [6.45, 7) is 3.86. The van der Waals surface area contributed by atoms with Crippen molar-refractivity contribution in [1.29, 1.82) is 0 Å². The lowest BCUT2D eigenvalue weighted by Crippen LogP contribution is -2.29. The first-order valence-corrected chi connectivity index (χ1v) is 5.58. The third kappa shape index (κ3) is 3.68. The minimum Gasteiger partial charge on any atom is -0.271 e. The number of rotatable bonds is 4. The van der Waals surface area contributed by atoms with E-state index in [1.807, 2.05) is 13.8 Å². The highest BCUT2D eigenvalue weighted by Crippen LogP contribution is 2.33. The summed E-state index contributed by atoms with van der Waals surface area (Å²) in [5, 5.41) is 0. The molecule has 0 heterocycles. The Kier molecular flexibility index (Phi) is 4.70. The molecule has 6 heteroatoms. The van der Waals surface area contributed by atoms with Gasteiger partial charge in [-0.3, -0.25) is 11.3 Å². The van der Waals surface area contributed by atoms with Crippen LogP contribution in [0.25, 0.3) is 0 Å². The van der Waals surface area contributed by atoms with Crippen molar-refractivity contribution in [3.8, 4) is 0 Å². The second-order valence-corrected chi connectivity index (χ2v) is 4.59. The number of hydrazine groups is 1. The molecule has 0 bridgehead atoms. The van der Waals surface area contributed by atoms with E-state index in [4.69, 9.17) is 5.84 Å². The van der Waals surface area contributed by atoms with Crippen molar-refractivity contribution in [3.63, 3.8) is 0 Å². The molecule has 0 aliphatic rings. The average Bonchev–Trinajstić information content (AvgIpc) is 2.25. The van der Waals surface area contributed by atoms with Gasteiger partial charge in [0, 0.05) is 6.04 Å². The Morgan fingerprint density at radius 1 is 1.28 bits per heavy atom. The van der Waals surface area contributed by atoms with Gasteiger partial charge >= 0.3 is 6.18 Å². The van der Waals surface area contributed by atoms with E-state index in [-0.39, 0.29) is 5.92 Å². The largest absolute Gasteiger partial charge is 0.419 e. The smallest absolute Gasteiger partial charge is 0.271 e. The van der Waals surface area contributed by atoms with Gasteiger partial charge in [0.2, 0.25) is 0 Å². The summed E-state index contributed by atoms with van der Waals surface area (Å²) >= 11 is 0. The molecular formula is C12H16F4N2. The number of hydrogen-bond donors (Lipinski definition) is 2. The maximum atomic E-state index is 13.1. The van der Waals surface area contributed by atoms with Crippen molar-refractivity contribution in [2.75, 3.05) is 0 Å². The molecule has 0 aromatic heterocycles. The van der Waals surface area contributed by atoms with Crippen LogP contribution in [0, 0.1) is 11.7 Å². The van der Waals surface area contributed by atoms with E-state index in [1.165, 1.54) is 6.07 Å². The Morgan fingerprint density at radius 2 is 1.89 bits per heavy atom. The quantitative estimate of drug-likeness (QED) is 0.497. The zero-order valence-electron chi connectivity index (χ0n) is 10.2. The van der Waals surface area contributed by atoms with E-state index >= 15 is 0 Å². The van der Waals surface area contributed by atoms with Crippen LogP contribution in [0.5, 0.6) is 0 Å². The van der Waals surface area contributed by atoms with Crippen LogP contribution in [-0.2, 0) is 6.18 Å². The molecule has 2 nitrogen and oxygen atoms in total. The summed E-state index contributed by atoms with van der Waals surface area (Å²) in [7, 11) is 0. The first-order chi connectivity index (χ1) is 8.25. The molecule has 18 heavy (non-hydrogen) atoms. The Labute approximate surface area is 103 Å². The van der Waals surface area contributed by atoms with E-state index in [1.54, 1.807) is 0 Å². The van der Waals surface area contributed by atoms with E-state index in [0.29, 0.717) is 12.0 Å². The summed E-state index contributed by atoms with van der Waals surface area (Å²) in [5.41, 5.74) is 1.53. The van der Waals surface area contributed by atoms with Crippen molar-refractivity contribution in [1.82, 2.24) is 5.43 Å². The van der Waals surface area contributed by atoms with Gasteiger partial charge < -0.3 is 0 Å². The van der Waals surface area contributed by atoms with Gasteiger partial charge in [0.15, 0.2) is 0 Å². The van der Waals surface area contributed by atoms with Crippen molar-refractivity contribution in [2.24, 2.45) is 11.8 Å². The van der Waals surface area contributed by atoms with Gasteiger partial charge in [0.1, 0.15) is 5.82 Å². The fourth-order valence-electron chi connectivity index (χ4n) is 1.75. The molecular weight excluding hydrogens is 248 g/mol. The van der Waals surface area contributed by atoms with Gasteiger partial charge in [0.25, 0.3) is 0 Å². The van der Waals surface area contributed by atoms with Gasteiger partial charge in [-0.05, 0) is 30.0 Å². The van der Waals surface area contributed by atoms with Crippen molar-refractivity contribution >= 4 is 0 Å². The van der Waals surface area contributed by atoms with Crippen LogP contribution in [-0.4, -0.2) is 0 Å². The summed E-state index contributed by atoms with van der Waals surface area (Å²) in [6, 6.07) is 2.52. The van der Waals surface area contributed by atoms with Crippen molar-refractivity contribution in [3.05, 3.63) is 35.1 Å². The lowest BCUT2D eigenvalue weighted by molar-refractivity contribution is -0.140. The first-order valence-electron chi connectivity index (χ1n) is 5.58. The highest BCUT2D eigenvalue weighted by atomic mass is 19.4. The van der Waals surface area contributed by atoms with Crippen molar-refractivity contribution < 1.29 is 17.6 Å². The van der Waals surface area contributed by atoms with Gasteiger partial charge in [-0.2, -0.15) is 13.2 Å². The highest BCUT2D eigenvalue weighted by Gasteiger charge is 2.34. The van der Waals surface area contributed by atoms with E-state index < -0.39 is 23.6 Å². The third-order valence-corrected chi connectivity index (χ3v) is 2.61. The van der Waals surface area contributed by atoms with E-state index in [0.717, 1.165) is 12.1 Å². The monoisotopic (exact) mass is 264 g/mol. The standard InChI is InChI=1S/C12H16F4N2/c1-7(2)5-11(18-17)8-3-4-10(13)9(6-8)12(14,15)16/h3-4,6-7,11,18H,5,17H2,1-2H3. The molecule has 1 rings (SSSR count). The fourth-order valence-corrected chi connectivity index (χ4v) is 1.75.